The molecule has 0 aliphatic rings. The van der Waals surface area contributed by atoms with Crippen LogP contribution in [-0.2, 0) is 33.8 Å². The summed E-state index contributed by atoms with van der Waals surface area (Å²) in [5, 5.41) is 14.9. The first-order valence-electron chi connectivity index (χ1n) is 11.1. The van der Waals surface area contributed by atoms with Crippen LogP contribution in [0.4, 0.5) is 4.79 Å². The van der Waals surface area contributed by atoms with Crippen molar-refractivity contribution in [3.63, 3.8) is 0 Å². The summed E-state index contributed by atoms with van der Waals surface area (Å²) < 4.78 is 10.6. The van der Waals surface area contributed by atoms with Gasteiger partial charge in [-0.05, 0) is 22.8 Å². The molecule has 0 aliphatic carbocycles. The maximum atomic E-state index is 13.1. The van der Waals surface area contributed by atoms with Crippen molar-refractivity contribution in [1.29, 1.82) is 0 Å². The summed E-state index contributed by atoms with van der Waals surface area (Å²) in [6.07, 6.45) is -0.600. The number of benzene rings is 3. The Kier molecular flexibility index (Phi) is 9.24. The van der Waals surface area contributed by atoms with E-state index in [1.165, 1.54) is 7.11 Å². The summed E-state index contributed by atoms with van der Waals surface area (Å²) in [5.41, 5.74) is 2.24. The van der Waals surface area contributed by atoms with E-state index in [1.54, 1.807) is 24.3 Å². The molecule has 0 radical (unpaired) electrons. The van der Waals surface area contributed by atoms with Gasteiger partial charge in [-0.15, -0.1) is 0 Å². The summed E-state index contributed by atoms with van der Waals surface area (Å²) in [6.45, 7) is 0.0396. The van der Waals surface area contributed by atoms with Crippen LogP contribution in [-0.4, -0.2) is 42.3 Å². The van der Waals surface area contributed by atoms with Gasteiger partial charge in [0.05, 0.1) is 7.11 Å². The molecule has 182 valence electrons. The number of carbonyl (C=O) groups is 3. The van der Waals surface area contributed by atoms with Crippen molar-refractivity contribution in [3.8, 4) is 5.75 Å². The van der Waals surface area contributed by atoms with E-state index in [1.807, 2.05) is 60.7 Å². The zero-order valence-corrected chi connectivity index (χ0v) is 19.3. The van der Waals surface area contributed by atoms with E-state index < -0.39 is 30.1 Å². The van der Waals surface area contributed by atoms with Crippen molar-refractivity contribution in [1.82, 2.24) is 10.6 Å². The van der Waals surface area contributed by atoms with E-state index in [-0.39, 0.29) is 19.4 Å². The summed E-state index contributed by atoms with van der Waals surface area (Å²) in [7, 11) is 1.49. The van der Waals surface area contributed by atoms with Crippen molar-refractivity contribution in [2.75, 3.05) is 7.11 Å². The number of carbonyl (C=O) groups excluding carboxylic acids is 2. The molecule has 0 aromatic heterocycles. The number of aliphatic carboxylic acids is 1. The van der Waals surface area contributed by atoms with Crippen LogP contribution >= 0.6 is 0 Å². The molecule has 3 N–H and O–H groups in total. The largest absolute Gasteiger partial charge is 0.496 e. The normalized spacial score (nSPS) is 12.1. The number of ether oxygens (including phenoxy) is 2. The number of alkyl carbamates (subject to hydrolysis) is 1. The lowest BCUT2D eigenvalue weighted by Gasteiger charge is -2.22. The van der Waals surface area contributed by atoms with Gasteiger partial charge in [-0.1, -0.05) is 78.9 Å². The molecule has 3 aromatic carbocycles. The molecule has 0 spiro atoms. The summed E-state index contributed by atoms with van der Waals surface area (Å²) in [5.74, 6) is -1.31. The van der Waals surface area contributed by atoms with Gasteiger partial charge >= 0.3 is 12.1 Å². The highest BCUT2D eigenvalue weighted by atomic mass is 16.5. The van der Waals surface area contributed by atoms with Crippen LogP contribution in [0.1, 0.15) is 16.7 Å². The maximum absolute atomic E-state index is 13.1. The molecule has 0 saturated heterocycles. The number of amides is 2. The molecule has 8 nitrogen and oxygen atoms in total. The number of rotatable bonds is 11. The smallest absolute Gasteiger partial charge is 0.408 e. The topological polar surface area (TPSA) is 114 Å². The first-order chi connectivity index (χ1) is 17.0. The van der Waals surface area contributed by atoms with Crippen molar-refractivity contribution >= 4 is 18.0 Å². The van der Waals surface area contributed by atoms with Crippen LogP contribution < -0.4 is 15.4 Å². The highest BCUT2D eigenvalue weighted by molar-refractivity contribution is 5.89. The molecule has 2 atom stereocenters. The van der Waals surface area contributed by atoms with E-state index >= 15 is 0 Å². The number of hydrogen-bond acceptors (Lipinski definition) is 5. The Morgan fingerprint density at radius 1 is 0.771 bits per heavy atom. The lowest BCUT2D eigenvalue weighted by molar-refractivity contribution is -0.142. The van der Waals surface area contributed by atoms with Crippen molar-refractivity contribution < 1.29 is 29.0 Å². The molecule has 0 bridgehead atoms. The molecule has 0 saturated carbocycles. The third-order valence-corrected chi connectivity index (χ3v) is 5.34. The predicted octanol–water partition coefficient (Wildman–Crippen LogP) is 3.34. The van der Waals surface area contributed by atoms with E-state index in [0.717, 1.165) is 11.1 Å². The van der Waals surface area contributed by atoms with Gasteiger partial charge in [0.2, 0.25) is 5.91 Å². The quantitative estimate of drug-likeness (QED) is 0.391. The SMILES string of the molecule is COc1ccccc1C[C@H](NC(=O)[C@H](Cc1ccccc1)NC(=O)OCc1ccccc1)C(=O)O. The first kappa shape index (κ1) is 25.3. The van der Waals surface area contributed by atoms with E-state index in [9.17, 15) is 19.5 Å². The van der Waals surface area contributed by atoms with Crippen molar-refractivity contribution in [3.05, 3.63) is 102 Å². The second-order valence-electron chi connectivity index (χ2n) is 7.86. The zero-order chi connectivity index (χ0) is 25.0. The standard InChI is InChI=1S/C27H28N2O6/c1-34-24-15-9-8-14-21(24)17-23(26(31)32)28-25(30)22(16-19-10-4-2-5-11-19)29-27(33)35-18-20-12-6-3-7-13-20/h2-15,22-23H,16-18H2,1H3,(H,28,30)(H,29,33)(H,31,32)/t22-,23-/m0/s1. The van der Waals surface area contributed by atoms with Crippen molar-refractivity contribution in [2.24, 2.45) is 0 Å². The van der Waals surface area contributed by atoms with Crippen LogP contribution in [0.3, 0.4) is 0 Å². The number of carboxylic acid groups (broad SMARTS) is 1. The van der Waals surface area contributed by atoms with Crippen LogP contribution in [0.25, 0.3) is 0 Å². The van der Waals surface area contributed by atoms with E-state index in [2.05, 4.69) is 10.6 Å². The van der Waals surface area contributed by atoms with Crippen LogP contribution in [0.5, 0.6) is 5.75 Å². The van der Waals surface area contributed by atoms with Gasteiger partial charge in [-0.25, -0.2) is 9.59 Å². The second kappa shape index (κ2) is 12.8. The highest BCUT2D eigenvalue weighted by Gasteiger charge is 2.28. The van der Waals surface area contributed by atoms with Gasteiger partial charge in [0.25, 0.3) is 0 Å². The molecule has 3 aromatic rings. The van der Waals surface area contributed by atoms with Crippen LogP contribution in [0.15, 0.2) is 84.9 Å². The summed E-state index contributed by atoms with van der Waals surface area (Å²) >= 11 is 0. The Bertz CT molecular complexity index is 1120. The molecular formula is C27H28N2O6. The minimum atomic E-state index is -1.22. The van der Waals surface area contributed by atoms with Gasteiger partial charge in [0, 0.05) is 12.8 Å². The van der Waals surface area contributed by atoms with Gasteiger partial charge in [0.15, 0.2) is 0 Å². The molecule has 8 heteroatoms. The molecular weight excluding hydrogens is 448 g/mol. The summed E-state index contributed by atoms with van der Waals surface area (Å²) in [6, 6.07) is 23.0. The Morgan fingerprint density at radius 2 is 1.37 bits per heavy atom. The van der Waals surface area contributed by atoms with Gasteiger partial charge in [-0.3, -0.25) is 4.79 Å². The van der Waals surface area contributed by atoms with Gasteiger partial charge in [0.1, 0.15) is 24.4 Å². The Hall–Kier alpha value is -4.33. The highest BCUT2D eigenvalue weighted by Crippen LogP contribution is 2.19. The Balaban J connectivity index is 1.71. The average molecular weight is 477 g/mol. The molecule has 2 amide bonds. The average Bonchev–Trinajstić information content (AvgIpc) is 2.88. The Labute approximate surface area is 203 Å². The minimum absolute atomic E-state index is 0.0155. The number of carboxylic acids is 1. The Morgan fingerprint density at radius 3 is 2.00 bits per heavy atom. The monoisotopic (exact) mass is 476 g/mol. The van der Waals surface area contributed by atoms with Crippen molar-refractivity contribution in [2.45, 2.75) is 31.5 Å². The van der Waals surface area contributed by atoms with E-state index in [0.29, 0.717) is 11.3 Å². The molecule has 35 heavy (non-hydrogen) atoms. The number of methoxy groups -OCH3 is 1. The molecule has 0 aliphatic heterocycles. The fourth-order valence-corrected chi connectivity index (χ4v) is 3.53. The minimum Gasteiger partial charge on any atom is -0.496 e. The number of para-hydroxylation sites is 1. The zero-order valence-electron chi connectivity index (χ0n) is 19.3. The molecule has 0 heterocycles. The third-order valence-electron chi connectivity index (χ3n) is 5.34. The van der Waals surface area contributed by atoms with Gasteiger partial charge < -0.3 is 25.2 Å². The maximum Gasteiger partial charge on any atom is 0.408 e. The number of nitrogens with one attached hydrogen (secondary N) is 2. The number of hydrogen-bond donors (Lipinski definition) is 3. The van der Waals surface area contributed by atoms with Crippen LogP contribution in [0, 0.1) is 0 Å². The predicted molar refractivity (Wildman–Crippen MR) is 130 cm³/mol. The fourth-order valence-electron chi connectivity index (χ4n) is 3.53. The van der Waals surface area contributed by atoms with E-state index in [4.69, 9.17) is 9.47 Å². The third kappa shape index (κ3) is 7.89. The van der Waals surface area contributed by atoms with Crippen LogP contribution in [0.2, 0.25) is 0 Å². The molecule has 0 fully saturated rings. The molecule has 3 rings (SSSR count). The fraction of sp³-hybridized carbons (Fsp3) is 0.222. The molecule has 0 unspecified atom stereocenters. The lowest BCUT2D eigenvalue weighted by atomic mass is 10.0. The second-order valence-corrected chi connectivity index (χ2v) is 7.86. The summed E-state index contributed by atoms with van der Waals surface area (Å²) in [4.78, 5) is 37.5. The lowest BCUT2D eigenvalue weighted by Crippen LogP contribution is -2.53. The first-order valence-corrected chi connectivity index (χ1v) is 11.1. The van der Waals surface area contributed by atoms with Gasteiger partial charge in [-0.2, -0.15) is 0 Å².